The van der Waals surface area contributed by atoms with E-state index in [1.54, 1.807) is 0 Å². The number of alkyl halides is 2. The van der Waals surface area contributed by atoms with E-state index < -0.39 is 16.8 Å². The number of hydrogen-bond acceptors (Lipinski definition) is 4. The molecule has 4 nitrogen and oxygen atoms in total. The van der Waals surface area contributed by atoms with Gasteiger partial charge in [-0.3, -0.25) is 0 Å². The third kappa shape index (κ3) is 12.3. The van der Waals surface area contributed by atoms with E-state index in [9.17, 15) is 9.59 Å². The molecule has 1 unspecified atom stereocenters. The largest absolute Gasteiger partial charge is 0.462 e. The lowest BCUT2D eigenvalue weighted by Crippen LogP contribution is -2.17. The first-order chi connectivity index (χ1) is 9.10. The van der Waals surface area contributed by atoms with Crippen molar-refractivity contribution >= 4 is 35.1 Å². The molecule has 0 rings (SSSR count). The van der Waals surface area contributed by atoms with Gasteiger partial charge in [-0.25, -0.2) is 9.59 Å². The van der Waals surface area contributed by atoms with Crippen molar-refractivity contribution in [2.45, 2.75) is 39.0 Å². The standard InChI is InChI=1S/C14H22Cl2O4/c1-10(7-14(2,3)4)8-19-12(17)5-6-13(18)20-9-11(15)16/h5-6,10-11H,7-9H2,1-4H3/b6-5+. The van der Waals surface area contributed by atoms with E-state index in [4.69, 9.17) is 27.9 Å². The molecule has 20 heavy (non-hydrogen) atoms. The molecule has 0 fully saturated rings. The topological polar surface area (TPSA) is 52.6 Å². The van der Waals surface area contributed by atoms with Crippen LogP contribution in [-0.4, -0.2) is 30.0 Å². The van der Waals surface area contributed by atoms with Gasteiger partial charge in [-0.15, -0.1) is 23.2 Å². The van der Waals surface area contributed by atoms with Crippen LogP contribution in [0.5, 0.6) is 0 Å². The lowest BCUT2D eigenvalue weighted by Gasteiger charge is -2.22. The first kappa shape index (κ1) is 19.3. The Morgan fingerprint density at radius 2 is 1.50 bits per heavy atom. The van der Waals surface area contributed by atoms with Crippen LogP contribution in [0.2, 0.25) is 0 Å². The average molecular weight is 325 g/mol. The van der Waals surface area contributed by atoms with Gasteiger partial charge in [0.1, 0.15) is 11.4 Å². The molecule has 0 aliphatic rings. The van der Waals surface area contributed by atoms with E-state index in [2.05, 4.69) is 25.5 Å². The van der Waals surface area contributed by atoms with E-state index in [1.807, 2.05) is 6.92 Å². The van der Waals surface area contributed by atoms with E-state index in [-0.39, 0.29) is 17.9 Å². The van der Waals surface area contributed by atoms with E-state index >= 15 is 0 Å². The number of ether oxygens (including phenoxy) is 2. The van der Waals surface area contributed by atoms with Crippen LogP contribution < -0.4 is 0 Å². The molecule has 0 radical (unpaired) electrons. The van der Waals surface area contributed by atoms with Crippen molar-refractivity contribution in [1.29, 1.82) is 0 Å². The third-order valence-corrected chi connectivity index (χ3v) is 2.43. The lowest BCUT2D eigenvalue weighted by molar-refractivity contribution is -0.141. The SMILES string of the molecule is CC(COC(=O)/C=C/C(=O)OCC(Cl)Cl)CC(C)(C)C. The summed E-state index contributed by atoms with van der Waals surface area (Å²) < 4.78 is 9.69. The van der Waals surface area contributed by atoms with Gasteiger partial charge in [0.2, 0.25) is 0 Å². The molecule has 0 N–H and O–H groups in total. The van der Waals surface area contributed by atoms with Crippen LogP contribution in [-0.2, 0) is 19.1 Å². The van der Waals surface area contributed by atoms with Gasteiger partial charge in [0.15, 0.2) is 0 Å². The molecule has 0 saturated heterocycles. The Balaban J connectivity index is 3.96. The van der Waals surface area contributed by atoms with Gasteiger partial charge in [-0.2, -0.15) is 0 Å². The Morgan fingerprint density at radius 1 is 1.05 bits per heavy atom. The zero-order chi connectivity index (χ0) is 15.8. The molecule has 116 valence electrons. The van der Waals surface area contributed by atoms with Crippen molar-refractivity contribution in [3.8, 4) is 0 Å². The van der Waals surface area contributed by atoms with Crippen LogP contribution in [0.3, 0.4) is 0 Å². The van der Waals surface area contributed by atoms with Gasteiger partial charge in [-0.05, 0) is 17.8 Å². The third-order valence-electron chi connectivity index (χ3n) is 2.18. The van der Waals surface area contributed by atoms with Crippen molar-refractivity contribution in [3.63, 3.8) is 0 Å². The van der Waals surface area contributed by atoms with Crippen LogP contribution in [0.25, 0.3) is 0 Å². The predicted molar refractivity (Wildman–Crippen MR) is 79.8 cm³/mol. The lowest BCUT2D eigenvalue weighted by atomic mass is 9.86. The molecule has 0 aliphatic heterocycles. The zero-order valence-electron chi connectivity index (χ0n) is 12.3. The summed E-state index contributed by atoms with van der Waals surface area (Å²) >= 11 is 10.8. The van der Waals surface area contributed by atoms with E-state index in [0.29, 0.717) is 6.61 Å². The minimum absolute atomic E-state index is 0.121. The summed E-state index contributed by atoms with van der Waals surface area (Å²) in [5, 5.41) is 0. The monoisotopic (exact) mass is 324 g/mol. The molecular weight excluding hydrogens is 303 g/mol. The Hall–Kier alpha value is -0.740. The summed E-state index contributed by atoms with van der Waals surface area (Å²) in [5.41, 5.74) is 0.186. The molecule has 0 bridgehead atoms. The Kier molecular flexibility index (Phi) is 8.90. The highest BCUT2D eigenvalue weighted by Crippen LogP contribution is 2.24. The fraction of sp³-hybridized carbons (Fsp3) is 0.714. The molecule has 0 amide bonds. The summed E-state index contributed by atoms with van der Waals surface area (Å²) in [6.07, 6.45) is 2.97. The van der Waals surface area contributed by atoms with Crippen molar-refractivity contribution in [2.75, 3.05) is 13.2 Å². The van der Waals surface area contributed by atoms with Crippen LogP contribution in [0.4, 0.5) is 0 Å². The molecular formula is C14H22Cl2O4. The molecule has 6 heteroatoms. The van der Waals surface area contributed by atoms with Gasteiger partial charge < -0.3 is 9.47 Å². The minimum Gasteiger partial charge on any atom is -0.462 e. The fourth-order valence-electron chi connectivity index (χ4n) is 1.71. The van der Waals surface area contributed by atoms with Gasteiger partial charge in [0.25, 0.3) is 0 Å². The number of hydrogen-bond donors (Lipinski definition) is 0. The van der Waals surface area contributed by atoms with Crippen LogP contribution in [0, 0.1) is 11.3 Å². The van der Waals surface area contributed by atoms with Gasteiger partial charge >= 0.3 is 11.9 Å². The highest BCUT2D eigenvalue weighted by Gasteiger charge is 2.16. The highest BCUT2D eigenvalue weighted by molar-refractivity contribution is 6.44. The molecule has 0 aromatic rings. The first-order valence-corrected chi connectivity index (χ1v) is 7.27. The smallest absolute Gasteiger partial charge is 0.331 e. The van der Waals surface area contributed by atoms with Gasteiger partial charge in [-0.1, -0.05) is 27.7 Å². The van der Waals surface area contributed by atoms with E-state index in [0.717, 1.165) is 18.6 Å². The average Bonchev–Trinajstić information content (AvgIpc) is 2.29. The number of carbonyl (C=O) groups is 2. The number of rotatable bonds is 7. The van der Waals surface area contributed by atoms with Crippen molar-refractivity contribution in [1.82, 2.24) is 0 Å². The second kappa shape index (κ2) is 9.24. The van der Waals surface area contributed by atoms with Crippen molar-refractivity contribution in [2.24, 2.45) is 11.3 Å². The van der Waals surface area contributed by atoms with Crippen molar-refractivity contribution < 1.29 is 19.1 Å². The molecule has 0 saturated carbocycles. The number of carbonyl (C=O) groups excluding carboxylic acids is 2. The molecule has 1 atom stereocenters. The Bertz CT molecular complexity index is 346. The molecule has 0 spiro atoms. The molecule has 0 aromatic carbocycles. The number of halogens is 2. The van der Waals surface area contributed by atoms with Gasteiger partial charge in [0, 0.05) is 12.2 Å². The van der Waals surface area contributed by atoms with Crippen LogP contribution in [0.1, 0.15) is 34.1 Å². The summed E-state index contributed by atoms with van der Waals surface area (Å²) in [6, 6.07) is 0. The first-order valence-electron chi connectivity index (χ1n) is 6.40. The Morgan fingerprint density at radius 3 is 1.90 bits per heavy atom. The second-order valence-corrected chi connectivity index (χ2v) is 7.13. The van der Waals surface area contributed by atoms with Crippen LogP contribution in [0.15, 0.2) is 12.2 Å². The summed E-state index contributed by atoms with van der Waals surface area (Å²) in [6.45, 7) is 8.59. The maximum absolute atomic E-state index is 11.4. The zero-order valence-corrected chi connectivity index (χ0v) is 13.8. The normalized spacial score (nSPS) is 13.6. The highest BCUT2D eigenvalue weighted by atomic mass is 35.5. The second-order valence-electron chi connectivity index (χ2n) is 5.85. The predicted octanol–water partition coefficient (Wildman–Crippen LogP) is 3.51. The maximum Gasteiger partial charge on any atom is 0.331 e. The molecule has 0 aromatic heterocycles. The quantitative estimate of drug-likeness (QED) is 0.408. The summed E-state index contributed by atoms with van der Waals surface area (Å²) in [7, 11) is 0. The maximum atomic E-state index is 11.4. The number of esters is 2. The van der Waals surface area contributed by atoms with Crippen LogP contribution >= 0.6 is 23.2 Å². The van der Waals surface area contributed by atoms with Crippen molar-refractivity contribution in [3.05, 3.63) is 12.2 Å². The summed E-state index contributed by atoms with van der Waals surface area (Å²) in [5.74, 6) is -1.00. The molecule has 0 heterocycles. The van der Waals surface area contributed by atoms with Gasteiger partial charge in [0.05, 0.1) is 6.61 Å². The fourth-order valence-corrected chi connectivity index (χ4v) is 1.83. The molecule has 0 aliphatic carbocycles. The summed E-state index contributed by atoms with van der Waals surface area (Å²) in [4.78, 5) is 21.8. The van der Waals surface area contributed by atoms with E-state index in [1.165, 1.54) is 0 Å². The Labute approximate surface area is 130 Å². The minimum atomic E-state index is -0.780.